The summed E-state index contributed by atoms with van der Waals surface area (Å²) in [7, 11) is 1.15. The van der Waals surface area contributed by atoms with Crippen LogP contribution in [0.25, 0.3) is 0 Å². The van der Waals surface area contributed by atoms with Crippen molar-refractivity contribution in [2.24, 2.45) is 0 Å². The number of anilines is 1. The van der Waals surface area contributed by atoms with Gasteiger partial charge in [0, 0.05) is 19.3 Å². The number of nitrogens with zero attached hydrogens (tertiary/aromatic N) is 1. The SMILES string of the molecule is CCNc1ccc(C)cc1C(=O)N(C)CC(F)(F)F. The quantitative estimate of drug-likeness (QED) is 0.915. The number of carbonyl (C=O) groups excluding carboxylic acids is 1. The molecule has 0 saturated carbocycles. The van der Waals surface area contributed by atoms with E-state index in [0.29, 0.717) is 17.1 Å². The molecule has 0 fully saturated rings. The van der Waals surface area contributed by atoms with Crippen molar-refractivity contribution in [2.75, 3.05) is 25.5 Å². The zero-order valence-corrected chi connectivity index (χ0v) is 11.1. The minimum absolute atomic E-state index is 0.258. The van der Waals surface area contributed by atoms with Gasteiger partial charge >= 0.3 is 6.18 Å². The van der Waals surface area contributed by atoms with E-state index >= 15 is 0 Å². The number of carbonyl (C=O) groups is 1. The summed E-state index contributed by atoms with van der Waals surface area (Å²) in [5.74, 6) is -0.642. The Morgan fingerprint density at radius 3 is 2.53 bits per heavy atom. The van der Waals surface area contributed by atoms with E-state index in [1.807, 2.05) is 6.92 Å². The highest BCUT2D eigenvalue weighted by atomic mass is 19.4. The Kier molecular flexibility index (Phi) is 4.80. The lowest BCUT2D eigenvalue weighted by Gasteiger charge is -2.21. The van der Waals surface area contributed by atoms with Gasteiger partial charge in [0.25, 0.3) is 5.91 Å². The zero-order valence-electron chi connectivity index (χ0n) is 11.1. The lowest BCUT2D eigenvalue weighted by molar-refractivity contribution is -0.138. The molecular formula is C13H17F3N2O. The predicted octanol–water partition coefficient (Wildman–Crippen LogP) is 3.06. The summed E-state index contributed by atoms with van der Waals surface area (Å²) in [5, 5.41) is 2.97. The maximum atomic E-state index is 12.3. The fraction of sp³-hybridized carbons (Fsp3) is 0.462. The maximum Gasteiger partial charge on any atom is 0.406 e. The number of halogens is 3. The van der Waals surface area contributed by atoms with E-state index in [1.54, 1.807) is 25.1 Å². The van der Waals surface area contributed by atoms with E-state index in [1.165, 1.54) is 0 Å². The zero-order chi connectivity index (χ0) is 14.6. The van der Waals surface area contributed by atoms with Crippen LogP contribution >= 0.6 is 0 Å². The Balaban J connectivity index is 3.00. The Morgan fingerprint density at radius 2 is 2.00 bits per heavy atom. The summed E-state index contributed by atoms with van der Waals surface area (Å²) in [6, 6.07) is 5.10. The number of amides is 1. The first-order chi connectivity index (χ1) is 8.74. The summed E-state index contributed by atoms with van der Waals surface area (Å²) < 4.78 is 36.9. The van der Waals surface area contributed by atoms with Crippen LogP contribution in [0.15, 0.2) is 18.2 Å². The fourth-order valence-corrected chi connectivity index (χ4v) is 1.73. The monoisotopic (exact) mass is 274 g/mol. The summed E-state index contributed by atoms with van der Waals surface area (Å²) in [4.78, 5) is 12.7. The second kappa shape index (κ2) is 5.95. The van der Waals surface area contributed by atoms with E-state index in [4.69, 9.17) is 0 Å². The third-order valence-corrected chi connectivity index (χ3v) is 2.54. The van der Waals surface area contributed by atoms with Crippen molar-refractivity contribution < 1.29 is 18.0 Å². The molecule has 0 aliphatic rings. The standard InChI is InChI=1S/C13H17F3N2O/c1-4-17-11-6-5-9(2)7-10(11)12(19)18(3)8-13(14,15)16/h5-7,17H,4,8H2,1-3H3. The van der Waals surface area contributed by atoms with E-state index in [2.05, 4.69) is 5.32 Å². The lowest BCUT2D eigenvalue weighted by atomic mass is 10.1. The van der Waals surface area contributed by atoms with Crippen molar-refractivity contribution in [2.45, 2.75) is 20.0 Å². The van der Waals surface area contributed by atoms with Crippen molar-refractivity contribution in [1.82, 2.24) is 4.90 Å². The van der Waals surface area contributed by atoms with Crippen molar-refractivity contribution in [1.29, 1.82) is 0 Å². The number of benzene rings is 1. The molecule has 3 nitrogen and oxygen atoms in total. The van der Waals surface area contributed by atoms with Crippen LogP contribution in [-0.4, -0.2) is 37.1 Å². The molecule has 1 aromatic carbocycles. The van der Waals surface area contributed by atoms with Gasteiger partial charge in [-0.25, -0.2) is 0 Å². The van der Waals surface area contributed by atoms with Crippen LogP contribution in [0.5, 0.6) is 0 Å². The van der Waals surface area contributed by atoms with Gasteiger partial charge in [-0.1, -0.05) is 11.6 Å². The Morgan fingerprint density at radius 1 is 1.37 bits per heavy atom. The molecule has 6 heteroatoms. The van der Waals surface area contributed by atoms with Crippen LogP contribution < -0.4 is 5.32 Å². The molecule has 0 aromatic heterocycles. The van der Waals surface area contributed by atoms with E-state index < -0.39 is 18.6 Å². The maximum absolute atomic E-state index is 12.3. The Labute approximate surface area is 110 Å². The van der Waals surface area contributed by atoms with Crippen molar-refractivity contribution >= 4 is 11.6 Å². The molecule has 1 aromatic rings. The smallest absolute Gasteiger partial charge is 0.385 e. The molecule has 0 aliphatic heterocycles. The third kappa shape index (κ3) is 4.46. The van der Waals surface area contributed by atoms with Gasteiger partial charge in [0.05, 0.1) is 5.56 Å². The molecule has 0 aliphatic carbocycles. The van der Waals surface area contributed by atoms with Crippen molar-refractivity contribution in [3.8, 4) is 0 Å². The fourth-order valence-electron chi connectivity index (χ4n) is 1.73. The van der Waals surface area contributed by atoms with Crippen LogP contribution in [0.2, 0.25) is 0 Å². The van der Waals surface area contributed by atoms with E-state index in [9.17, 15) is 18.0 Å². The number of aryl methyl sites for hydroxylation is 1. The molecule has 0 bridgehead atoms. The van der Waals surface area contributed by atoms with Crippen LogP contribution in [0.1, 0.15) is 22.8 Å². The highest BCUT2D eigenvalue weighted by Crippen LogP contribution is 2.21. The third-order valence-electron chi connectivity index (χ3n) is 2.54. The first-order valence-corrected chi connectivity index (χ1v) is 5.91. The second-order valence-corrected chi connectivity index (χ2v) is 4.36. The van der Waals surface area contributed by atoms with Crippen LogP contribution in [0, 0.1) is 6.92 Å². The highest BCUT2D eigenvalue weighted by molar-refractivity contribution is 5.99. The number of alkyl halides is 3. The molecule has 19 heavy (non-hydrogen) atoms. The number of nitrogens with one attached hydrogen (secondary N) is 1. The Bertz CT molecular complexity index is 458. The molecule has 0 radical (unpaired) electrons. The van der Waals surface area contributed by atoms with Gasteiger partial charge in [-0.15, -0.1) is 0 Å². The highest BCUT2D eigenvalue weighted by Gasteiger charge is 2.32. The van der Waals surface area contributed by atoms with Crippen LogP contribution in [0.3, 0.4) is 0 Å². The molecule has 0 spiro atoms. The second-order valence-electron chi connectivity index (χ2n) is 4.36. The van der Waals surface area contributed by atoms with Crippen LogP contribution in [0.4, 0.5) is 18.9 Å². The van der Waals surface area contributed by atoms with Gasteiger partial charge in [0.1, 0.15) is 6.54 Å². The van der Waals surface area contributed by atoms with Gasteiger partial charge in [0.15, 0.2) is 0 Å². The van der Waals surface area contributed by atoms with Crippen molar-refractivity contribution in [3.05, 3.63) is 29.3 Å². The van der Waals surface area contributed by atoms with E-state index in [0.717, 1.165) is 12.6 Å². The molecule has 0 saturated heterocycles. The minimum atomic E-state index is -4.40. The van der Waals surface area contributed by atoms with Gasteiger partial charge < -0.3 is 10.2 Å². The summed E-state index contributed by atoms with van der Waals surface area (Å²) in [6.07, 6.45) is -4.40. The molecule has 1 N–H and O–H groups in total. The van der Waals surface area contributed by atoms with Gasteiger partial charge in [-0.2, -0.15) is 13.2 Å². The summed E-state index contributed by atoms with van der Waals surface area (Å²) >= 11 is 0. The molecule has 106 valence electrons. The molecule has 0 heterocycles. The average molecular weight is 274 g/mol. The van der Waals surface area contributed by atoms with Gasteiger partial charge in [0.2, 0.25) is 0 Å². The van der Waals surface area contributed by atoms with Gasteiger partial charge in [-0.3, -0.25) is 4.79 Å². The summed E-state index contributed by atoms with van der Waals surface area (Å²) in [6.45, 7) is 2.97. The molecule has 0 atom stereocenters. The van der Waals surface area contributed by atoms with Crippen molar-refractivity contribution in [3.63, 3.8) is 0 Å². The van der Waals surface area contributed by atoms with E-state index in [-0.39, 0.29) is 5.56 Å². The molecule has 1 rings (SSSR count). The molecular weight excluding hydrogens is 257 g/mol. The number of rotatable bonds is 4. The normalized spacial score (nSPS) is 11.3. The predicted molar refractivity (Wildman–Crippen MR) is 68.4 cm³/mol. The first-order valence-electron chi connectivity index (χ1n) is 5.91. The number of hydrogen-bond acceptors (Lipinski definition) is 2. The summed E-state index contributed by atoms with van der Waals surface area (Å²) in [5.41, 5.74) is 1.63. The topological polar surface area (TPSA) is 32.3 Å². The Hall–Kier alpha value is -1.72. The molecule has 1 amide bonds. The average Bonchev–Trinajstić information content (AvgIpc) is 2.28. The number of hydrogen-bond donors (Lipinski definition) is 1. The molecule has 0 unspecified atom stereocenters. The van der Waals surface area contributed by atoms with Crippen LogP contribution in [-0.2, 0) is 0 Å². The first kappa shape index (κ1) is 15.3. The largest absolute Gasteiger partial charge is 0.406 e. The minimum Gasteiger partial charge on any atom is -0.385 e. The van der Waals surface area contributed by atoms with Gasteiger partial charge in [-0.05, 0) is 26.0 Å². The lowest BCUT2D eigenvalue weighted by Crippen LogP contribution is -2.36.